The van der Waals surface area contributed by atoms with Gasteiger partial charge in [0.25, 0.3) is 0 Å². The zero-order valence-electron chi connectivity index (χ0n) is 12.5. The van der Waals surface area contributed by atoms with Crippen LogP contribution in [0.15, 0.2) is 42.7 Å². The average Bonchev–Trinajstić information content (AvgIpc) is 2.95. The molecule has 1 atom stereocenters. The number of aromatic nitrogens is 2. The van der Waals surface area contributed by atoms with E-state index in [-0.39, 0.29) is 5.91 Å². The lowest BCUT2D eigenvalue weighted by Gasteiger charge is -2.27. The number of carbonyl (C=O) groups excluding carboxylic acids is 1. The van der Waals surface area contributed by atoms with Crippen LogP contribution in [0.5, 0.6) is 0 Å². The summed E-state index contributed by atoms with van der Waals surface area (Å²) in [6, 6.07) is 10.00. The second-order valence-electron chi connectivity index (χ2n) is 5.29. The van der Waals surface area contributed by atoms with Crippen LogP contribution < -0.4 is 11.1 Å². The minimum absolute atomic E-state index is 0.328. The molecule has 3 N–H and O–H groups in total. The van der Waals surface area contributed by atoms with E-state index in [9.17, 15) is 4.79 Å². The van der Waals surface area contributed by atoms with Crippen molar-refractivity contribution in [1.29, 1.82) is 0 Å². The number of carbonyl (C=O) groups is 1. The van der Waals surface area contributed by atoms with Gasteiger partial charge >= 0.3 is 0 Å². The molecular weight excluding hydrogens is 264 g/mol. The van der Waals surface area contributed by atoms with E-state index in [0.717, 1.165) is 11.4 Å². The van der Waals surface area contributed by atoms with E-state index < -0.39 is 5.54 Å². The van der Waals surface area contributed by atoms with Crippen LogP contribution in [0.4, 0.5) is 0 Å². The molecule has 0 radical (unpaired) electrons. The average molecular weight is 286 g/mol. The molecule has 1 amide bonds. The third kappa shape index (κ3) is 3.49. The fourth-order valence-corrected chi connectivity index (χ4v) is 2.37. The summed E-state index contributed by atoms with van der Waals surface area (Å²) in [5.41, 5.74) is 5.88. The molecule has 0 aliphatic heterocycles. The van der Waals surface area contributed by atoms with Gasteiger partial charge in [-0.3, -0.25) is 4.79 Å². The lowest BCUT2D eigenvalue weighted by Crippen LogP contribution is -2.53. The van der Waals surface area contributed by atoms with Gasteiger partial charge in [-0.25, -0.2) is 4.98 Å². The summed E-state index contributed by atoms with van der Waals surface area (Å²) in [7, 11) is 0. The Labute approximate surface area is 125 Å². The maximum absolute atomic E-state index is 11.7. The van der Waals surface area contributed by atoms with Gasteiger partial charge in [0.1, 0.15) is 5.82 Å². The number of hydrogen-bond donors (Lipinski definition) is 2. The lowest BCUT2D eigenvalue weighted by molar-refractivity contribution is -0.124. The van der Waals surface area contributed by atoms with Crippen molar-refractivity contribution in [3.05, 3.63) is 42.7 Å². The minimum Gasteiger partial charge on any atom is -0.368 e. The second kappa shape index (κ2) is 6.54. The zero-order chi connectivity index (χ0) is 15.3. The molecule has 21 heavy (non-hydrogen) atoms. The Bertz CT molecular complexity index is 593. The van der Waals surface area contributed by atoms with Crippen molar-refractivity contribution in [3.8, 4) is 11.4 Å². The highest BCUT2D eigenvalue weighted by atomic mass is 16.1. The van der Waals surface area contributed by atoms with Crippen LogP contribution in [0, 0.1) is 0 Å². The SMILES string of the molecule is CCNC(C)(CCn1ccnc1-c1ccccc1)C(N)=O. The van der Waals surface area contributed by atoms with Crippen LogP contribution in [0.2, 0.25) is 0 Å². The normalized spacial score (nSPS) is 13.8. The number of primary amides is 1. The first kappa shape index (κ1) is 15.3. The Hall–Kier alpha value is -2.14. The Morgan fingerprint density at radius 3 is 2.71 bits per heavy atom. The van der Waals surface area contributed by atoms with Gasteiger partial charge in [-0.1, -0.05) is 37.3 Å². The second-order valence-corrected chi connectivity index (χ2v) is 5.29. The third-order valence-electron chi connectivity index (χ3n) is 3.71. The van der Waals surface area contributed by atoms with Crippen LogP contribution in [-0.4, -0.2) is 27.5 Å². The standard InChI is InChI=1S/C16H22N4O/c1-3-19-16(2,15(17)21)9-11-20-12-10-18-14(20)13-7-5-4-6-8-13/h4-8,10,12,19H,3,9,11H2,1-2H3,(H2,17,21). The van der Waals surface area contributed by atoms with E-state index in [1.165, 1.54) is 0 Å². The van der Waals surface area contributed by atoms with E-state index in [1.807, 2.05) is 54.9 Å². The Balaban J connectivity index is 2.15. The van der Waals surface area contributed by atoms with E-state index in [2.05, 4.69) is 10.3 Å². The Kier molecular flexibility index (Phi) is 4.75. The largest absolute Gasteiger partial charge is 0.368 e. The molecule has 5 nitrogen and oxygen atoms in total. The first-order chi connectivity index (χ1) is 10.1. The summed E-state index contributed by atoms with van der Waals surface area (Å²) in [6.45, 7) is 5.19. The number of benzene rings is 1. The van der Waals surface area contributed by atoms with Gasteiger partial charge in [-0.05, 0) is 19.9 Å². The van der Waals surface area contributed by atoms with Crippen molar-refractivity contribution in [2.45, 2.75) is 32.4 Å². The number of amides is 1. The zero-order valence-corrected chi connectivity index (χ0v) is 12.5. The molecule has 0 aliphatic rings. The van der Waals surface area contributed by atoms with Gasteiger partial charge < -0.3 is 15.6 Å². The molecule has 0 saturated heterocycles. The van der Waals surface area contributed by atoms with Crippen LogP contribution in [-0.2, 0) is 11.3 Å². The van der Waals surface area contributed by atoms with Crippen LogP contribution in [0.3, 0.4) is 0 Å². The molecule has 1 unspecified atom stereocenters. The van der Waals surface area contributed by atoms with Crippen molar-refractivity contribution in [2.24, 2.45) is 5.73 Å². The van der Waals surface area contributed by atoms with Crippen molar-refractivity contribution in [2.75, 3.05) is 6.54 Å². The predicted octanol–water partition coefficient (Wildman–Crippen LogP) is 1.79. The highest BCUT2D eigenvalue weighted by Crippen LogP contribution is 2.19. The topological polar surface area (TPSA) is 72.9 Å². The van der Waals surface area contributed by atoms with Crippen LogP contribution >= 0.6 is 0 Å². The van der Waals surface area contributed by atoms with Gasteiger partial charge in [0.15, 0.2) is 0 Å². The van der Waals surface area contributed by atoms with Crippen molar-refractivity contribution < 1.29 is 4.79 Å². The number of nitrogens with two attached hydrogens (primary N) is 1. The lowest BCUT2D eigenvalue weighted by atomic mass is 9.97. The fraction of sp³-hybridized carbons (Fsp3) is 0.375. The summed E-state index contributed by atoms with van der Waals surface area (Å²) in [5, 5.41) is 3.17. The molecule has 0 spiro atoms. The molecule has 0 fully saturated rings. The number of likely N-dealkylation sites (N-methyl/N-ethyl adjacent to an activating group) is 1. The first-order valence-electron chi connectivity index (χ1n) is 7.18. The van der Waals surface area contributed by atoms with Crippen LogP contribution in [0.1, 0.15) is 20.3 Å². The molecule has 5 heteroatoms. The quantitative estimate of drug-likeness (QED) is 0.815. The van der Waals surface area contributed by atoms with Crippen molar-refractivity contribution in [1.82, 2.24) is 14.9 Å². The maximum Gasteiger partial charge on any atom is 0.237 e. The fourth-order valence-electron chi connectivity index (χ4n) is 2.37. The van der Waals surface area contributed by atoms with E-state index in [0.29, 0.717) is 19.5 Å². The van der Waals surface area contributed by atoms with Crippen molar-refractivity contribution >= 4 is 5.91 Å². The summed E-state index contributed by atoms with van der Waals surface area (Å²) >= 11 is 0. The molecule has 2 rings (SSSR count). The summed E-state index contributed by atoms with van der Waals surface area (Å²) in [4.78, 5) is 16.1. The molecule has 2 aromatic rings. The number of nitrogens with zero attached hydrogens (tertiary/aromatic N) is 2. The summed E-state index contributed by atoms with van der Waals surface area (Å²) in [5.74, 6) is 0.574. The highest BCUT2D eigenvalue weighted by Gasteiger charge is 2.29. The molecule has 112 valence electrons. The summed E-state index contributed by atoms with van der Waals surface area (Å²) in [6.07, 6.45) is 4.32. The van der Waals surface area contributed by atoms with Gasteiger partial charge in [0, 0.05) is 24.5 Å². The van der Waals surface area contributed by atoms with Gasteiger partial charge in [-0.15, -0.1) is 0 Å². The molecular formula is C16H22N4O. The highest BCUT2D eigenvalue weighted by molar-refractivity contribution is 5.84. The Morgan fingerprint density at radius 2 is 2.10 bits per heavy atom. The number of rotatable bonds is 7. The monoisotopic (exact) mass is 286 g/mol. The number of nitrogens with one attached hydrogen (secondary N) is 1. The number of imidazole rings is 1. The number of hydrogen-bond acceptors (Lipinski definition) is 3. The minimum atomic E-state index is -0.701. The van der Waals surface area contributed by atoms with E-state index in [1.54, 1.807) is 6.20 Å². The summed E-state index contributed by atoms with van der Waals surface area (Å²) < 4.78 is 2.05. The molecule has 0 bridgehead atoms. The molecule has 1 aromatic heterocycles. The van der Waals surface area contributed by atoms with E-state index in [4.69, 9.17) is 5.73 Å². The Morgan fingerprint density at radius 1 is 1.38 bits per heavy atom. The smallest absolute Gasteiger partial charge is 0.237 e. The van der Waals surface area contributed by atoms with Gasteiger partial charge in [0.05, 0.1) is 5.54 Å². The van der Waals surface area contributed by atoms with Crippen LogP contribution in [0.25, 0.3) is 11.4 Å². The van der Waals surface area contributed by atoms with Gasteiger partial charge in [-0.2, -0.15) is 0 Å². The maximum atomic E-state index is 11.7. The number of aryl methyl sites for hydroxylation is 1. The molecule has 1 aromatic carbocycles. The molecule has 0 aliphatic carbocycles. The predicted molar refractivity (Wildman–Crippen MR) is 83.6 cm³/mol. The van der Waals surface area contributed by atoms with E-state index >= 15 is 0 Å². The molecule has 0 saturated carbocycles. The van der Waals surface area contributed by atoms with Crippen molar-refractivity contribution in [3.63, 3.8) is 0 Å². The van der Waals surface area contributed by atoms with Gasteiger partial charge in [0.2, 0.25) is 5.91 Å². The molecule has 1 heterocycles. The third-order valence-corrected chi connectivity index (χ3v) is 3.71. The first-order valence-corrected chi connectivity index (χ1v) is 7.18.